The lowest BCUT2D eigenvalue weighted by Gasteiger charge is -2.50. The molecular formula is C48H78N6O13S. The molecule has 2 aromatic rings. The average Bonchev–Trinajstić information content (AvgIpc) is 3.83. The maximum absolute atomic E-state index is 15.1. The Balaban J connectivity index is 1.39. The molecule has 6 heterocycles. The molecule has 0 bridgehead atoms. The maximum atomic E-state index is 15.1. The van der Waals surface area contributed by atoms with E-state index in [9.17, 15) is 19.8 Å². The highest BCUT2D eigenvalue weighted by Gasteiger charge is 2.62. The number of carbonyl (C=O) groups excluding carboxylic acids is 3. The largest absolute Gasteiger partial charge is 0.458 e. The fraction of sp³-hybridized carbons (Fsp3) is 0.833. The summed E-state index contributed by atoms with van der Waals surface area (Å²) in [6, 6.07) is -0.300. The minimum atomic E-state index is -1.39. The Hall–Kier alpha value is -3.05. The van der Waals surface area contributed by atoms with Crippen molar-refractivity contribution in [2.24, 2.45) is 29.6 Å². The summed E-state index contributed by atoms with van der Waals surface area (Å²) in [7, 11) is 6.85. The molecule has 19 atom stereocenters. The lowest BCUT2D eigenvalue weighted by atomic mass is 9.70. The number of fused-ring (bicyclic) bond motifs is 2. The standard InChI is InChI=1S/C48H78N6O13S/c1-15-31-48(10)33(38(44(59)67-48)68-18-16-17-54-23-52-34-41(49)50-22-51-42(34)54)26(4)35(55)24(2)20-47(9,61-14)40(66-45-36(56)30(53(11)12)19-25(3)62-45)27(5)37(28(6)43(58)64-31)65-32-21-46(8,60-13)39(57)29(7)63-32/h22-33,36-40,45,56-57H,15-21H2,1-14H3,(H2,49,50,51)/t24-,25-,26?,27+,28-,29-,30+,31-,32+,33?,36-,37+,38?,39+,40-,45+,46-,47-,48-/m1/s1. The zero-order chi connectivity index (χ0) is 50.2. The van der Waals surface area contributed by atoms with Crippen LogP contribution >= 0.6 is 11.8 Å². The predicted octanol–water partition coefficient (Wildman–Crippen LogP) is 4.17. The van der Waals surface area contributed by atoms with E-state index in [1.54, 1.807) is 41.1 Å². The minimum absolute atomic E-state index is 0.122. The van der Waals surface area contributed by atoms with Crippen molar-refractivity contribution in [3.05, 3.63) is 12.7 Å². The fourth-order valence-corrected chi connectivity index (χ4v) is 12.9. The van der Waals surface area contributed by atoms with Gasteiger partial charge in [-0.25, -0.2) is 15.0 Å². The average molecular weight is 979 g/mol. The highest BCUT2D eigenvalue weighted by atomic mass is 32.2. The number of likely N-dealkylation sites (N-methyl/N-ethyl adjacent to an activating group) is 1. The Kier molecular flexibility index (Phi) is 17.4. The van der Waals surface area contributed by atoms with Crippen LogP contribution in [-0.4, -0.2) is 170 Å². The van der Waals surface area contributed by atoms with E-state index >= 15 is 4.79 Å². The first-order valence-electron chi connectivity index (χ1n) is 24.2. The molecule has 19 nitrogen and oxygen atoms in total. The number of nitrogens with zero attached hydrogens (tertiary/aromatic N) is 5. The van der Waals surface area contributed by atoms with Crippen molar-refractivity contribution >= 4 is 46.5 Å². The van der Waals surface area contributed by atoms with Crippen molar-refractivity contribution in [2.45, 2.75) is 191 Å². The van der Waals surface area contributed by atoms with Crippen molar-refractivity contribution in [1.29, 1.82) is 0 Å². The Morgan fingerprint density at radius 3 is 2.26 bits per heavy atom. The van der Waals surface area contributed by atoms with Crippen molar-refractivity contribution in [3.63, 3.8) is 0 Å². The quantitative estimate of drug-likeness (QED) is 0.189. The van der Waals surface area contributed by atoms with E-state index in [1.807, 2.05) is 65.1 Å². The van der Waals surface area contributed by atoms with Crippen LogP contribution in [0.2, 0.25) is 0 Å². The summed E-state index contributed by atoms with van der Waals surface area (Å²) in [5.74, 6) is -4.24. The van der Waals surface area contributed by atoms with Crippen LogP contribution in [0.25, 0.3) is 11.2 Å². The third kappa shape index (κ3) is 10.7. The van der Waals surface area contributed by atoms with Crippen LogP contribution in [0.5, 0.6) is 0 Å². The van der Waals surface area contributed by atoms with Gasteiger partial charge in [-0.05, 0) is 87.1 Å². The number of esters is 2. The molecule has 68 heavy (non-hydrogen) atoms. The Morgan fingerprint density at radius 1 is 0.926 bits per heavy atom. The molecule has 4 aliphatic heterocycles. The number of imidazole rings is 1. The van der Waals surface area contributed by atoms with Gasteiger partial charge in [0.25, 0.3) is 0 Å². The van der Waals surface area contributed by atoms with Crippen molar-refractivity contribution in [2.75, 3.05) is 39.8 Å². The van der Waals surface area contributed by atoms with Gasteiger partial charge in [-0.15, -0.1) is 11.8 Å². The summed E-state index contributed by atoms with van der Waals surface area (Å²) in [4.78, 5) is 59.0. The number of ketones is 1. The van der Waals surface area contributed by atoms with E-state index in [2.05, 4.69) is 15.0 Å². The van der Waals surface area contributed by atoms with Gasteiger partial charge in [0.2, 0.25) is 0 Å². The maximum Gasteiger partial charge on any atom is 0.320 e. The van der Waals surface area contributed by atoms with Gasteiger partial charge >= 0.3 is 11.9 Å². The molecule has 2 aromatic heterocycles. The normalized spacial score (nSPS) is 42.2. The number of aliphatic hydroxyl groups is 2. The summed E-state index contributed by atoms with van der Waals surface area (Å²) in [6.07, 6.45) is -3.25. The number of hydrogen-bond acceptors (Lipinski definition) is 19. The second-order valence-electron chi connectivity index (χ2n) is 20.6. The summed E-state index contributed by atoms with van der Waals surface area (Å²) >= 11 is 1.41. The molecule has 6 rings (SSSR count). The van der Waals surface area contributed by atoms with E-state index in [0.717, 1.165) is 0 Å². The van der Waals surface area contributed by atoms with Crippen LogP contribution in [0, 0.1) is 29.6 Å². The number of hydrogen-bond donors (Lipinski definition) is 3. The van der Waals surface area contributed by atoms with Gasteiger partial charge in [0.1, 0.15) is 41.2 Å². The zero-order valence-electron chi connectivity index (χ0n) is 42.4. The third-order valence-electron chi connectivity index (χ3n) is 15.5. The van der Waals surface area contributed by atoms with Crippen LogP contribution < -0.4 is 5.73 Å². The molecule has 0 spiro atoms. The smallest absolute Gasteiger partial charge is 0.320 e. The number of cyclic esters (lactones) is 1. The summed E-state index contributed by atoms with van der Waals surface area (Å²) in [5.41, 5.74) is 3.43. The number of nitrogen functional groups attached to an aromatic ring is 1. The number of ether oxygens (including phenoxy) is 8. The first kappa shape index (κ1) is 54.3. The lowest BCUT2D eigenvalue weighted by Crippen LogP contribution is -2.61. The van der Waals surface area contributed by atoms with Gasteiger partial charge in [-0.2, -0.15) is 0 Å². The van der Waals surface area contributed by atoms with Gasteiger partial charge in [0, 0.05) is 56.9 Å². The van der Waals surface area contributed by atoms with E-state index in [-0.39, 0.29) is 43.0 Å². The number of Topliss-reactive ketones (excluding diaryl/α,β-unsaturated/α-hetero) is 1. The first-order valence-corrected chi connectivity index (χ1v) is 25.2. The van der Waals surface area contributed by atoms with Crippen LogP contribution in [-0.2, 0) is 58.8 Å². The molecule has 20 heteroatoms. The van der Waals surface area contributed by atoms with Crippen molar-refractivity contribution < 1.29 is 62.5 Å². The Labute approximate surface area is 405 Å². The molecule has 384 valence electrons. The number of anilines is 1. The molecule has 4 N–H and O–H groups in total. The Bertz CT molecular complexity index is 2070. The van der Waals surface area contributed by atoms with E-state index in [0.29, 0.717) is 36.3 Å². The molecule has 4 saturated heterocycles. The van der Waals surface area contributed by atoms with Crippen LogP contribution in [0.1, 0.15) is 101 Å². The monoisotopic (exact) mass is 979 g/mol. The molecule has 0 amide bonds. The second kappa shape index (κ2) is 21.7. The van der Waals surface area contributed by atoms with Crippen molar-refractivity contribution in [3.8, 4) is 0 Å². The molecule has 4 aliphatic rings. The topological polar surface area (TPSA) is 238 Å². The van der Waals surface area contributed by atoms with Crippen LogP contribution in [0.15, 0.2) is 12.7 Å². The number of carbonyl (C=O) groups is 3. The number of thioether (sulfide) groups is 1. The lowest BCUT2D eigenvalue weighted by molar-refractivity contribution is -0.319. The van der Waals surface area contributed by atoms with Gasteiger partial charge in [0.15, 0.2) is 29.6 Å². The summed E-state index contributed by atoms with van der Waals surface area (Å²) in [6.45, 7) is 18.7. The summed E-state index contributed by atoms with van der Waals surface area (Å²) in [5, 5.41) is 22.2. The van der Waals surface area contributed by atoms with Crippen LogP contribution in [0.4, 0.5) is 5.82 Å². The van der Waals surface area contributed by atoms with E-state index in [4.69, 9.17) is 43.6 Å². The predicted molar refractivity (Wildman–Crippen MR) is 253 cm³/mol. The van der Waals surface area contributed by atoms with Gasteiger partial charge in [-0.1, -0.05) is 27.7 Å². The highest BCUT2D eigenvalue weighted by molar-refractivity contribution is 8.00. The zero-order valence-corrected chi connectivity index (χ0v) is 43.3. The van der Waals surface area contributed by atoms with Crippen LogP contribution in [0.3, 0.4) is 0 Å². The van der Waals surface area contributed by atoms with Crippen molar-refractivity contribution in [1.82, 2.24) is 24.4 Å². The van der Waals surface area contributed by atoms with E-state index in [1.165, 1.54) is 25.2 Å². The third-order valence-corrected chi connectivity index (χ3v) is 16.9. The number of nitrogens with two attached hydrogens (primary N) is 1. The molecular weight excluding hydrogens is 901 g/mol. The van der Waals surface area contributed by atoms with E-state index < -0.39 is 113 Å². The highest BCUT2D eigenvalue weighted by Crippen LogP contribution is 2.49. The number of aliphatic hydroxyl groups excluding tert-OH is 2. The molecule has 4 fully saturated rings. The molecule has 0 saturated carbocycles. The molecule has 3 unspecified atom stereocenters. The van der Waals surface area contributed by atoms with Gasteiger partial charge in [0.05, 0.1) is 47.9 Å². The minimum Gasteiger partial charge on any atom is -0.458 e. The number of aromatic nitrogens is 4. The SMILES string of the molecule is CC[C@H]1OC(=O)[C@H](C)[C@@H](O[C@H]2C[C@@](C)(OC)[C@@H](O)[C@@H](C)O2)[C@H](C)[C@@H](O[C@@H]2O[C@H](C)C[C@H](N(C)C)[C@H]2O)[C@](C)(OC)C[C@@H](C)C(=O)C(C)C2C(SCCCn3cnc4c(N)ncnc43)C(=O)O[C@@]21C. The molecule has 0 aliphatic carbocycles. The summed E-state index contributed by atoms with van der Waals surface area (Å²) < 4.78 is 53.6. The first-order chi connectivity index (χ1) is 31.9. The van der Waals surface area contributed by atoms with Gasteiger partial charge in [-0.3, -0.25) is 14.4 Å². The van der Waals surface area contributed by atoms with Gasteiger partial charge < -0.3 is 63.3 Å². The second-order valence-corrected chi connectivity index (χ2v) is 21.9. The molecule has 0 aromatic carbocycles. The number of methoxy groups -OCH3 is 2. The number of aryl methyl sites for hydroxylation is 1. The Morgan fingerprint density at radius 2 is 1.62 bits per heavy atom. The molecule has 0 radical (unpaired) electrons. The number of rotatable bonds is 13. The fourth-order valence-electron chi connectivity index (χ4n) is 11.4.